The first-order chi connectivity index (χ1) is 14.6. The van der Waals surface area contributed by atoms with Crippen molar-refractivity contribution in [2.24, 2.45) is 0 Å². The van der Waals surface area contributed by atoms with Gasteiger partial charge in [-0.15, -0.1) is 0 Å². The number of rotatable bonds is 6. The number of carbonyl (C=O) groups is 1. The van der Waals surface area contributed by atoms with E-state index in [0.717, 1.165) is 26.6 Å². The second-order valence-electron chi connectivity index (χ2n) is 7.86. The monoisotopic (exact) mass is 436 g/mol. The van der Waals surface area contributed by atoms with Crippen LogP contribution in [0.15, 0.2) is 71.6 Å². The van der Waals surface area contributed by atoms with Gasteiger partial charge < -0.3 is 5.32 Å². The zero-order valence-corrected chi connectivity index (χ0v) is 19.3. The number of benzene rings is 3. The van der Waals surface area contributed by atoms with Gasteiger partial charge in [-0.2, -0.15) is 0 Å². The lowest BCUT2D eigenvalue weighted by molar-refractivity contribution is 0.0940. The lowest BCUT2D eigenvalue weighted by atomic mass is 9.99. The molecule has 6 heteroatoms. The van der Waals surface area contributed by atoms with E-state index in [4.69, 9.17) is 0 Å². The Labute approximate surface area is 184 Å². The van der Waals surface area contributed by atoms with Crippen LogP contribution in [0.1, 0.15) is 45.6 Å². The van der Waals surface area contributed by atoms with E-state index in [1.165, 1.54) is 7.05 Å². The Balaban J connectivity index is 1.91. The normalized spacial score (nSPS) is 12.3. The number of aryl methyl sites for hydroxylation is 3. The topological polar surface area (TPSA) is 66.5 Å². The van der Waals surface area contributed by atoms with Gasteiger partial charge in [-0.3, -0.25) is 9.10 Å². The molecule has 0 saturated carbocycles. The van der Waals surface area contributed by atoms with E-state index in [0.29, 0.717) is 11.3 Å². The molecule has 0 heterocycles. The number of para-hydroxylation sites is 1. The molecule has 0 unspecified atom stereocenters. The molecule has 0 saturated heterocycles. The van der Waals surface area contributed by atoms with Crippen molar-refractivity contribution in [3.63, 3.8) is 0 Å². The van der Waals surface area contributed by atoms with Gasteiger partial charge in [0.05, 0.1) is 22.2 Å². The number of amides is 1. The minimum atomic E-state index is -3.80. The van der Waals surface area contributed by atoms with Crippen LogP contribution < -0.4 is 9.62 Å². The maximum absolute atomic E-state index is 13.1. The smallest absolute Gasteiger partial charge is 0.264 e. The van der Waals surface area contributed by atoms with Crippen LogP contribution in [0.2, 0.25) is 0 Å². The third-order valence-electron chi connectivity index (χ3n) is 5.42. The summed E-state index contributed by atoms with van der Waals surface area (Å²) in [6, 6.07) is 19.3. The van der Waals surface area contributed by atoms with E-state index in [-0.39, 0.29) is 16.8 Å². The average Bonchev–Trinajstić information content (AvgIpc) is 2.75. The fraction of sp³-hybridized carbons (Fsp3) is 0.240. The van der Waals surface area contributed by atoms with Gasteiger partial charge in [0.15, 0.2) is 0 Å². The number of nitrogens with zero attached hydrogens (tertiary/aromatic N) is 1. The minimum absolute atomic E-state index is 0.180. The molecular weight excluding hydrogens is 408 g/mol. The van der Waals surface area contributed by atoms with Crippen molar-refractivity contribution in [2.45, 2.75) is 38.6 Å². The highest BCUT2D eigenvalue weighted by atomic mass is 32.2. The second kappa shape index (κ2) is 8.94. The summed E-state index contributed by atoms with van der Waals surface area (Å²) in [7, 11) is -2.34. The van der Waals surface area contributed by atoms with Crippen molar-refractivity contribution in [2.75, 3.05) is 11.4 Å². The Bertz CT molecular complexity index is 1200. The summed E-state index contributed by atoms with van der Waals surface area (Å²) < 4.78 is 27.4. The van der Waals surface area contributed by atoms with Crippen molar-refractivity contribution >= 4 is 21.6 Å². The lowest BCUT2D eigenvalue weighted by Crippen LogP contribution is -2.32. The number of nitrogens with one attached hydrogen (secondary N) is 1. The first kappa shape index (κ1) is 22.6. The molecule has 0 radical (unpaired) electrons. The van der Waals surface area contributed by atoms with Crippen molar-refractivity contribution in [3.8, 4) is 0 Å². The van der Waals surface area contributed by atoms with E-state index >= 15 is 0 Å². The summed E-state index contributed by atoms with van der Waals surface area (Å²) in [5.74, 6) is -0.324. The van der Waals surface area contributed by atoms with Gasteiger partial charge in [0.2, 0.25) is 0 Å². The van der Waals surface area contributed by atoms with E-state index in [9.17, 15) is 13.2 Å². The van der Waals surface area contributed by atoms with Crippen molar-refractivity contribution in [1.82, 2.24) is 5.32 Å². The summed E-state index contributed by atoms with van der Waals surface area (Å²) in [5, 5.41) is 3.01. The summed E-state index contributed by atoms with van der Waals surface area (Å²) in [5.41, 5.74) is 4.84. The van der Waals surface area contributed by atoms with Crippen molar-refractivity contribution in [1.29, 1.82) is 0 Å². The Morgan fingerprint density at radius 2 is 1.52 bits per heavy atom. The molecule has 3 aromatic carbocycles. The van der Waals surface area contributed by atoms with Crippen LogP contribution in [0.3, 0.4) is 0 Å². The first-order valence-electron chi connectivity index (χ1n) is 10.1. The minimum Gasteiger partial charge on any atom is -0.345 e. The molecule has 0 fully saturated rings. The maximum atomic E-state index is 13.1. The number of carbonyl (C=O) groups excluding carboxylic acids is 1. The zero-order chi connectivity index (χ0) is 22.8. The fourth-order valence-corrected chi connectivity index (χ4v) is 4.73. The van der Waals surface area contributed by atoms with Gasteiger partial charge in [0.1, 0.15) is 0 Å². The van der Waals surface area contributed by atoms with Crippen LogP contribution in [-0.4, -0.2) is 21.4 Å². The first-order valence-corrected chi connectivity index (χ1v) is 11.6. The molecule has 0 aliphatic carbocycles. The van der Waals surface area contributed by atoms with E-state index in [1.54, 1.807) is 48.5 Å². The van der Waals surface area contributed by atoms with Crippen molar-refractivity contribution < 1.29 is 13.2 Å². The molecule has 3 aromatic rings. The van der Waals surface area contributed by atoms with Crippen LogP contribution in [0.5, 0.6) is 0 Å². The standard InChI is InChI=1S/C25H28N2O3S/c1-17-11-14-21(15-12-17)31(29,30)27(5)24-9-7-6-8-22(24)25(28)26-20(4)23-16-18(2)10-13-19(23)3/h6-16,20H,1-5H3,(H,26,28)/t20-/m0/s1. The molecular formula is C25H28N2O3S. The molecule has 1 amide bonds. The van der Waals surface area contributed by atoms with E-state index in [1.807, 2.05) is 39.8 Å². The van der Waals surface area contributed by atoms with Gasteiger partial charge in [-0.25, -0.2) is 8.42 Å². The fourth-order valence-electron chi connectivity index (χ4n) is 3.52. The molecule has 5 nitrogen and oxygen atoms in total. The SMILES string of the molecule is Cc1ccc(S(=O)(=O)N(C)c2ccccc2C(=O)N[C@@H](C)c2cc(C)ccc2C)cc1. The molecule has 3 rings (SSSR count). The molecule has 1 N–H and O–H groups in total. The molecule has 0 bridgehead atoms. The largest absolute Gasteiger partial charge is 0.345 e. The van der Waals surface area contributed by atoms with Gasteiger partial charge in [-0.05, 0) is 63.1 Å². The Morgan fingerprint density at radius 1 is 0.903 bits per heavy atom. The Hall–Kier alpha value is -3.12. The molecule has 0 spiro atoms. The second-order valence-corrected chi connectivity index (χ2v) is 9.83. The van der Waals surface area contributed by atoms with Gasteiger partial charge in [0, 0.05) is 7.05 Å². The molecule has 0 aliphatic heterocycles. The van der Waals surface area contributed by atoms with Gasteiger partial charge >= 0.3 is 0 Å². The summed E-state index contributed by atoms with van der Waals surface area (Å²) in [6.45, 7) is 7.84. The Kier molecular flexibility index (Phi) is 6.51. The van der Waals surface area contributed by atoms with Gasteiger partial charge in [0.25, 0.3) is 15.9 Å². The number of anilines is 1. The number of hydrogen-bond acceptors (Lipinski definition) is 3. The highest BCUT2D eigenvalue weighted by Crippen LogP contribution is 2.27. The van der Waals surface area contributed by atoms with Crippen LogP contribution >= 0.6 is 0 Å². The van der Waals surface area contributed by atoms with Crippen LogP contribution in [0, 0.1) is 20.8 Å². The van der Waals surface area contributed by atoms with E-state index < -0.39 is 10.0 Å². The maximum Gasteiger partial charge on any atom is 0.264 e. The highest BCUT2D eigenvalue weighted by Gasteiger charge is 2.25. The molecule has 0 aromatic heterocycles. The lowest BCUT2D eigenvalue weighted by Gasteiger charge is -2.23. The highest BCUT2D eigenvalue weighted by molar-refractivity contribution is 7.92. The van der Waals surface area contributed by atoms with Crippen LogP contribution in [0.4, 0.5) is 5.69 Å². The zero-order valence-electron chi connectivity index (χ0n) is 18.5. The number of hydrogen-bond donors (Lipinski definition) is 1. The molecule has 31 heavy (non-hydrogen) atoms. The van der Waals surface area contributed by atoms with Crippen molar-refractivity contribution in [3.05, 3.63) is 94.5 Å². The predicted octanol–water partition coefficient (Wildman–Crippen LogP) is 4.93. The third kappa shape index (κ3) is 4.80. The number of sulfonamides is 1. The summed E-state index contributed by atoms with van der Waals surface area (Å²) in [4.78, 5) is 13.3. The molecule has 0 aliphatic rings. The molecule has 1 atom stereocenters. The van der Waals surface area contributed by atoms with E-state index in [2.05, 4.69) is 11.4 Å². The Morgan fingerprint density at radius 3 is 2.19 bits per heavy atom. The summed E-state index contributed by atoms with van der Waals surface area (Å²) in [6.07, 6.45) is 0. The predicted molar refractivity (Wildman–Crippen MR) is 125 cm³/mol. The van der Waals surface area contributed by atoms with Crippen LogP contribution in [-0.2, 0) is 10.0 Å². The quantitative estimate of drug-likeness (QED) is 0.596. The van der Waals surface area contributed by atoms with Gasteiger partial charge in [-0.1, -0.05) is 53.6 Å². The average molecular weight is 437 g/mol. The summed E-state index contributed by atoms with van der Waals surface area (Å²) >= 11 is 0. The van der Waals surface area contributed by atoms with Crippen LogP contribution in [0.25, 0.3) is 0 Å². The molecule has 162 valence electrons. The third-order valence-corrected chi connectivity index (χ3v) is 7.20.